The van der Waals surface area contributed by atoms with Gasteiger partial charge in [-0.05, 0) is 36.8 Å². The maximum atomic E-state index is 12.5. The highest BCUT2D eigenvalue weighted by Gasteiger charge is 2.43. The van der Waals surface area contributed by atoms with Gasteiger partial charge in [-0.15, -0.1) is 0 Å². The Balaban J connectivity index is 2.09. The molecule has 8 nitrogen and oxygen atoms in total. The van der Waals surface area contributed by atoms with Crippen LogP contribution in [0.15, 0.2) is 24.3 Å². The molecule has 0 radical (unpaired) electrons. The van der Waals surface area contributed by atoms with E-state index >= 15 is 0 Å². The van der Waals surface area contributed by atoms with E-state index in [1.54, 1.807) is 38.3 Å². The summed E-state index contributed by atoms with van der Waals surface area (Å²) < 4.78 is 5.09. The minimum atomic E-state index is -0.845. The van der Waals surface area contributed by atoms with E-state index in [9.17, 15) is 14.4 Å². The number of rotatable bonds is 7. The molecule has 9 heteroatoms. The molecule has 0 bridgehead atoms. The molecule has 2 rings (SSSR count). The second-order valence-corrected chi connectivity index (χ2v) is 6.05. The highest BCUT2D eigenvalue weighted by Crippen LogP contribution is 2.19. The Morgan fingerprint density at radius 1 is 1.23 bits per heavy atom. The number of likely N-dealkylation sites (N-methyl/N-ethyl adjacent to an activating group) is 1. The van der Waals surface area contributed by atoms with Crippen molar-refractivity contribution < 1.29 is 19.1 Å². The first-order valence-corrected chi connectivity index (χ1v) is 8.59. The molecule has 1 unspecified atom stereocenters. The predicted octanol–water partition coefficient (Wildman–Crippen LogP) is 0.223. The van der Waals surface area contributed by atoms with Crippen LogP contribution in [-0.2, 0) is 20.8 Å². The molecule has 3 amide bonds. The number of nitrogens with zero attached hydrogens (tertiary/aromatic N) is 2. The Hall–Kier alpha value is -2.68. The van der Waals surface area contributed by atoms with Crippen molar-refractivity contribution in [3.8, 4) is 5.75 Å². The summed E-state index contributed by atoms with van der Waals surface area (Å²) in [7, 11) is 3.06. The molecule has 1 fully saturated rings. The summed E-state index contributed by atoms with van der Waals surface area (Å²) in [5, 5.41) is 3.98. The van der Waals surface area contributed by atoms with E-state index < -0.39 is 6.04 Å². The molecule has 0 saturated carbocycles. The lowest BCUT2D eigenvalue weighted by atomic mass is 10.1. The minimum Gasteiger partial charge on any atom is -0.497 e. The molecule has 1 aliphatic heterocycles. The normalized spacial score (nSPS) is 16.7. The molecule has 26 heavy (non-hydrogen) atoms. The van der Waals surface area contributed by atoms with Crippen LogP contribution < -0.4 is 15.5 Å². The first kappa shape index (κ1) is 19.6. The van der Waals surface area contributed by atoms with Gasteiger partial charge in [0.1, 0.15) is 11.8 Å². The highest BCUT2D eigenvalue weighted by atomic mass is 32.1. The number of benzene rings is 1. The highest BCUT2D eigenvalue weighted by molar-refractivity contribution is 7.80. The van der Waals surface area contributed by atoms with E-state index in [0.717, 1.165) is 5.56 Å². The van der Waals surface area contributed by atoms with Crippen LogP contribution >= 0.6 is 12.2 Å². The Labute approximate surface area is 157 Å². The van der Waals surface area contributed by atoms with Gasteiger partial charge >= 0.3 is 0 Å². The van der Waals surface area contributed by atoms with Crippen LogP contribution in [0.5, 0.6) is 5.75 Å². The zero-order valence-corrected chi connectivity index (χ0v) is 15.8. The first-order valence-electron chi connectivity index (χ1n) is 8.18. The number of ether oxygens (including phenoxy) is 1. The summed E-state index contributed by atoms with van der Waals surface area (Å²) >= 11 is 5.29. The number of hydrazine groups is 1. The molecule has 1 heterocycles. The third-order valence-electron chi connectivity index (χ3n) is 4.04. The summed E-state index contributed by atoms with van der Waals surface area (Å²) in [6, 6.07) is 6.25. The van der Waals surface area contributed by atoms with Crippen LogP contribution in [0.2, 0.25) is 0 Å². The summed E-state index contributed by atoms with van der Waals surface area (Å²) in [4.78, 5) is 38.0. The molecule has 1 saturated heterocycles. The molecule has 1 atom stereocenters. The minimum absolute atomic E-state index is 0.0885. The van der Waals surface area contributed by atoms with Crippen LogP contribution in [0, 0.1) is 0 Å². The standard InChI is InChI=1S/C17H22N4O4S/c1-4-20-16(24)13(10-14(22)18-2)21(17(20)26)19-15(23)9-11-5-7-12(25-3)8-6-11/h5-8,13H,4,9-10H2,1-3H3,(H,18,22)(H,19,23). The van der Waals surface area contributed by atoms with Gasteiger partial charge in [-0.3, -0.25) is 24.7 Å². The number of hydrogen-bond acceptors (Lipinski definition) is 5. The van der Waals surface area contributed by atoms with E-state index in [1.165, 1.54) is 17.0 Å². The van der Waals surface area contributed by atoms with Crippen molar-refractivity contribution in [3.05, 3.63) is 29.8 Å². The SMILES string of the molecule is CCN1C(=O)C(CC(=O)NC)N(NC(=O)Cc2ccc(OC)cc2)C1=S. The molecular weight excluding hydrogens is 356 g/mol. The van der Waals surface area contributed by atoms with Crippen molar-refractivity contribution in [2.45, 2.75) is 25.8 Å². The van der Waals surface area contributed by atoms with Crippen molar-refractivity contribution in [3.63, 3.8) is 0 Å². The fraction of sp³-hybridized carbons (Fsp3) is 0.412. The molecular formula is C17H22N4O4S. The van der Waals surface area contributed by atoms with E-state index in [0.29, 0.717) is 12.3 Å². The summed E-state index contributed by atoms with van der Waals surface area (Å²) in [5.74, 6) is -0.237. The van der Waals surface area contributed by atoms with Gasteiger partial charge in [0, 0.05) is 13.6 Å². The van der Waals surface area contributed by atoms with Crippen molar-refractivity contribution in [2.75, 3.05) is 20.7 Å². The number of carbonyl (C=O) groups excluding carboxylic acids is 3. The number of thiocarbonyl (C=S) groups is 1. The number of nitrogens with one attached hydrogen (secondary N) is 2. The maximum Gasteiger partial charge on any atom is 0.254 e. The molecule has 1 aliphatic rings. The van der Waals surface area contributed by atoms with Gasteiger partial charge in [0.15, 0.2) is 5.11 Å². The van der Waals surface area contributed by atoms with E-state index in [4.69, 9.17) is 17.0 Å². The molecule has 2 N–H and O–H groups in total. The third-order valence-corrected chi connectivity index (χ3v) is 4.46. The molecule has 0 aromatic heterocycles. The largest absolute Gasteiger partial charge is 0.497 e. The Morgan fingerprint density at radius 3 is 2.42 bits per heavy atom. The zero-order chi connectivity index (χ0) is 19.3. The number of amides is 3. The van der Waals surface area contributed by atoms with Gasteiger partial charge in [-0.2, -0.15) is 0 Å². The smallest absolute Gasteiger partial charge is 0.254 e. The molecule has 0 aliphatic carbocycles. The molecule has 140 valence electrons. The second-order valence-electron chi connectivity index (χ2n) is 5.69. The topological polar surface area (TPSA) is 91.0 Å². The van der Waals surface area contributed by atoms with Crippen molar-refractivity contribution in [1.82, 2.24) is 20.7 Å². The number of carbonyl (C=O) groups is 3. The predicted molar refractivity (Wildman–Crippen MR) is 99.1 cm³/mol. The third kappa shape index (κ3) is 4.29. The Bertz CT molecular complexity index is 707. The van der Waals surface area contributed by atoms with Crippen molar-refractivity contribution >= 4 is 35.1 Å². The van der Waals surface area contributed by atoms with Crippen LogP contribution in [0.4, 0.5) is 0 Å². The molecule has 0 spiro atoms. The lowest BCUT2D eigenvalue weighted by molar-refractivity contribution is -0.133. The van der Waals surface area contributed by atoms with Gasteiger partial charge in [-0.1, -0.05) is 12.1 Å². The zero-order valence-electron chi connectivity index (χ0n) is 14.9. The fourth-order valence-electron chi connectivity index (χ4n) is 2.62. The van der Waals surface area contributed by atoms with Crippen LogP contribution in [0.25, 0.3) is 0 Å². The van der Waals surface area contributed by atoms with Gasteiger partial charge in [-0.25, -0.2) is 5.01 Å². The summed E-state index contributed by atoms with van der Waals surface area (Å²) in [6.07, 6.45) is 0.0188. The summed E-state index contributed by atoms with van der Waals surface area (Å²) in [6.45, 7) is 2.15. The Kier molecular flexibility index (Phi) is 6.51. The summed E-state index contributed by atoms with van der Waals surface area (Å²) in [5.41, 5.74) is 3.45. The van der Waals surface area contributed by atoms with Gasteiger partial charge in [0.25, 0.3) is 5.91 Å². The Morgan fingerprint density at radius 2 is 1.88 bits per heavy atom. The van der Waals surface area contributed by atoms with Crippen LogP contribution in [0.1, 0.15) is 18.9 Å². The molecule has 1 aromatic carbocycles. The van der Waals surface area contributed by atoms with E-state index in [1.807, 2.05) is 0 Å². The lowest BCUT2D eigenvalue weighted by Crippen LogP contribution is -2.50. The van der Waals surface area contributed by atoms with E-state index in [-0.39, 0.29) is 35.7 Å². The molecule has 1 aromatic rings. The second kappa shape index (κ2) is 8.61. The number of methoxy groups -OCH3 is 1. The average molecular weight is 378 g/mol. The van der Waals surface area contributed by atoms with Crippen molar-refractivity contribution in [1.29, 1.82) is 0 Å². The van der Waals surface area contributed by atoms with Gasteiger partial charge < -0.3 is 10.1 Å². The van der Waals surface area contributed by atoms with Crippen LogP contribution in [-0.4, -0.2) is 59.5 Å². The maximum absolute atomic E-state index is 12.5. The monoisotopic (exact) mass is 378 g/mol. The first-order chi connectivity index (χ1) is 12.4. The quantitative estimate of drug-likeness (QED) is 0.660. The number of hydrogen-bond donors (Lipinski definition) is 2. The van der Waals surface area contributed by atoms with Gasteiger partial charge in [0.2, 0.25) is 11.8 Å². The van der Waals surface area contributed by atoms with Crippen LogP contribution in [0.3, 0.4) is 0 Å². The van der Waals surface area contributed by atoms with E-state index in [2.05, 4.69) is 10.7 Å². The van der Waals surface area contributed by atoms with Gasteiger partial charge in [0.05, 0.1) is 20.0 Å². The lowest BCUT2D eigenvalue weighted by Gasteiger charge is -2.24. The fourth-order valence-corrected chi connectivity index (χ4v) is 3.02. The average Bonchev–Trinajstić information content (AvgIpc) is 2.85. The van der Waals surface area contributed by atoms with Crippen molar-refractivity contribution in [2.24, 2.45) is 0 Å².